The van der Waals surface area contributed by atoms with E-state index in [9.17, 15) is 8.42 Å². The molecule has 0 rings (SSSR count). The minimum atomic E-state index is -4.16. The summed E-state index contributed by atoms with van der Waals surface area (Å²) in [6, 6.07) is 0. The van der Waals surface area contributed by atoms with E-state index in [1.807, 2.05) is 0 Å². The molecule has 214 valence electrons. The summed E-state index contributed by atoms with van der Waals surface area (Å²) in [5.41, 5.74) is 0. The second-order valence-electron chi connectivity index (χ2n) is 11.2. The first-order chi connectivity index (χ1) is 16.6. The summed E-state index contributed by atoms with van der Waals surface area (Å²) >= 11 is 0. The van der Waals surface area contributed by atoms with Crippen molar-refractivity contribution in [3.63, 3.8) is 0 Å². The third-order valence-electron chi connectivity index (χ3n) is 7.12. The van der Waals surface area contributed by atoms with Crippen LogP contribution in [0.1, 0.15) is 149 Å². The summed E-state index contributed by atoms with van der Waals surface area (Å²) in [7, 11) is 1.62. The predicted octanol–water partition coefficient (Wildman–Crippen LogP) is 8.98. The first kappa shape index (κ1) is 37.0. The number of unbranched alkanes of at least 4 members (excludes halogenated alkanes) is 16. The van der Waals surface area contributed by atoms with Crippen LogP contribution < -0.4 is 0 Å². The molecule has 0 amide bonds. The quantitative estimate of drug-likeness (QED) is 0.0780. The molecule has 1 unspecified atom stereocenters. The van der Waals surface area contributed by atoms with Crippen LogP contribution in [0, 0.1) is 5.92 Å². The molecule has 0 aliphatic rings. The molecule has 0 aromatic heterocycles. The minimum Gasteiger partial charge on any atom is -0.328 e. The zero-order chi connectivity index (χ0) is 26.8. The van der Waals surface area contributed by atoms with Gasteiger partial charge in [0.2, 0.25) is 0 Å². The first-order valence-electron chi connectivity index (χ1n) is 15.0. The van der Waals surface area contributed by atoms with Gasteiger partial charge in [-0.15, -0.1) is 0 Å². The van der Waals surface area contributed by atoms with Crippen molar-refractivity contribution in [3.05, 3.63) is 0 Å². The van der Waals surface area contributed by atoms with Crippen LogP contribution in [-0.2, 0) is 14.6 Å². The highest BCUT2D eigenvalue weighted by atomic mass is 32.3. The summed E-state index contributed by atoms with van der Waals surface area (Å²) in [6.07, 6.45) is 29.0. The summed E-state index contributed by atoms with van der Waals surface area (Å²) in [4.78, 5) is 0. The smallest absolute Gasteiger partial charge is 0.328 e. The Morgan fingerprint density at radius 3 is 1.31 bits per heavy atom. The Bertz CT molecular complexity index is 523. The SMILES string of the molecule is CCCCCCCCCCCCCCCCCC[N+](C)(C)CC(CC)CCCC.COS(=O)(=O)O. The molecule has 6 heteroatoms. The maximum atomic E-state index is 9.33. The lowest BCUT2D eigenvalue weighted by Gasteiger charge is -2.33. The van der Waals surface area contributed by atoms with Crippen LogP contribution in [0.4, 0.5) is 0 Å². The van der Waals surface area contributed by atoms with Gasteiger partial charge in [0.05, 0.1) is 34.3 Å². The van der Waals surface area contributed by atoms with Crippen LogP contribution >= 0.6 is 0 Å². The molecule has 0 spiro atoms. The fourth-order valence-corrected chi connectivity index (χ4v) is 4.80. The molecule has 0 aliphatic carbocycles. The van der Waals surface area contributed by atoms with Gasteiger partial charge in [-0.1, -0.05) is 124 Å². The molecular formula is C29H64NO4S+. The molecule has 1 N–H and O–H groups in total. The van der Waals surface area contributed by atoms with Gasteiger partial charge in [-0.3, -0.25) is 8.74 Å². The summed E-state index contributed by atoms with van der Waals surface area (Å²) in [5.74, 6) is 0.936. The van der Waals surface area contributed by atoms with Crippen molar-refractivity contribution < 1.29 is 21.6 Å². The van der Waals surface area contributed by atoms with Gasteiger partial charge in [-0.2, -0.15) is 8.42 Å². The average molecular weight is 523 g/mol. The monoisotopic (exact) mass is 522 g/mol. The first-order valence-corrected chi connectivity index (χ1v) is 16.3. The fourth-order valence-electron chi connectivity index (χ4n) is 4.80. The van der Waals surface area contributed by atoms with Gasteiger partial charge < -0.3 is 4.48 Å². The van der Waals surface area contributed by atoms with Crippen molar-refractivity contribution >= 4 is 10.4 Å². The Balaban J connectivity index is 0. The molecule has 0 bridgehead atoms. The van der Waals surface area contributed by atoms with Gasteiger partial charge in [0.1, 0.15) is 0 Å². The van der Waals surface area contributed by atoms with E-state index in [0.29, 0.717) is 0 Å². The Morgan fingerprint density at radius 2 is 1.00 bits per heavy atom. The van der Waals surface area contributed by atoms with Crippen molar-refractivity contribution in [1.29, 1.82) is 0 Å². The summed E-state index contributed by atoms with van der Waals surface area (Å²) in [5, 5.41) is 0. The van der Waals surface area contributed by atoms with E-state index < -0.39 is 10.4 Å². The van der Waals surface area contributed by atoms with Crippen molar-refractivity contribution in [2.45, 2.75) is 149 Å². The molecule has 0 aliphatic heterocycles. The van der Waals surface area contributed by atoms with Crippen LogP contribution in [0.2, 0.25) is 0 Å². The topological polar surface area (TPSA) is 63.6 Å². The highest BCUT2D eigenvalue weighted by Crippen LogP contribution is 2.18. The Kier molecular flexibility index (Phi) is 26.9. The summed E-state index contributed by atoms with van der Waals surface area (Å²) in [6.45, 7) is 9.77. The van der Waals surface area contributed by atoms with Crippen molar-refractivity contribution in [3.8, 4) is 0 Å². The number of hydrogen-bond donors (Lipinski definition) is 1. The molecule has 1 atom stereocenters. The van der Waals surface area contributed by atoms with E-state index in [2.05, 4.69) is 39.0 Å². The van der Waals surface area contributed by atoms with Crippen LogP contribution in [-0.4, -0.2) is 51.7 Å². The highest BCUT2D eigenvalue weighted by Gasteiger charge is 2.20. The Labute approximate surface area is 221 Å². The third-order valence-corrected chi connectivity index (χ3v) is 7.54. The van der Waals surface area contributed by atoms with E-state index in [0.717, 1.165) is 13.0 Å². The Morgan fingerprint density at radius 1 is 0.657 bits per heavy atom. The zero-order valence-electron chi connectivity index (χ0n) is 24.7. The number of quaternary nitrogens is 1. The molecule has 0 heterocycles. The number of nitrogens with zero attached hydrogens (tertiary/aromatic N) is 1. The van der Waals surface area contributed by atoms with Crippen molar-refractivity contribution in [1.82, 2.24) is 0 Å². The van der Waals surface area contributed by atoms with E-state index in [1.165, 1.54) is 146 Å². The van der Waals surface area contributed by atoms with Crippen LogP contribution in [0.25, 0.3) is 0 Å². The van der Waals surface area contributed by atoms with Gasteiger partial charge >= 0.3 is 10.4 Å². The molecule has 0 aromatic carbocycles. The normalized spacial score (nSPS) is 12.9. The van der Waals surface area contributed by atoms with E-state index >= 15 is 0 Å². The maximum absolute atomic E-state index is 9.33. The number of rotatable bonds is 24. The van der Waals surface area contributed by atoms with Gasteiger partial charge in [-0.25, -0.2) is 0 Å². The zero-order valence-corrected chi connectivity index (χ0v) is 25.5. The minimum absolute atomic E-state index is 0.870. The average Bonchev–Trinajstić information content (AvgIpc) is 2.81. The maximum Gasteiger partial charge on any atom is 0.397 e. The molecule has 0 aromatic rings. The fraction of sp³-hybridized carbons (Fsp3) is 1.00. The second-order valence-corrected chi connectivity index (χ2v) is 12.3. The van der Waals surface area contributed by atoms with Crippen molar-refractivity contribution in [2.75, 3.05) is 34.3 Å². The third kappa shape index (κ3) is 31.8. The molecule has 35 heavy (non-hydrogen) atoms. The lowest BCUT2D eigenvalue weighted by Crippen LogP contribution is -2.44. The van der Waals surface area contributed by atoms with Gasteiger partial charge in [0, 0.05) is 5.92 Å². The lowest BCUT2D eigenvalue weighted by atomic mass is 9.98. The van der Waals surface area contributed by atoms with Gasteiger partial charge in [-0.05, 0) is 25.7 Å². The van der Waals surface area contributed by atoms with E-state index in [-0.39, 0.29) is 0 Å². The predicted molar refractivity (Wildman–Crippen MR) is 153 cm³/mol. The second kappa shape index (κ2) is 25.5. The van der Waals surface area contributed by atoms with Crippen LogP contribution in [0.3, 0.4) is 0 Å². The van der Waals surface area contributed by atoms with Crippen molar-refractivity contribution in [2.24, 2.45) is 5.92 Å². The standard InChI is InChI=1S/C28H60N.CH4O4S/c1-6-9-11-12-13-14-15-16-17-18-19-20-21-22-23-24-26-29(4,5)27-28(8-3)25-10-7-2;1-5-6(2,3)4/h28H,6-27H2,1-5H3;1H3,(H,2,3,4)/q+1;. The Hall–Kier alpha value is -0.170. The molecule has 5 nitrogen and oxygen atoms in total. The molecule has 0 saturated heterocycles. The molecular weight excluding hydrogens is 458 g/mol. The number of hydrogen-bond acceptors (Lipinski definition) is 3. The van der Waals surface area contributed by atoms with Gasteiger partial charge in [0.15, 0.2) is 0 Å². The largest absolute Gasteiger partial charge is 0.397 e. The van der Waals surface area contributed by atoms with Crippen LogP contribution in [0.5, 0.6) is 0 Å². The molecule has 0 fully saturated rings. The van der Waals surface area contributed by atoms with Gasteiger partial charge in [0.25, 0.3) is 0 Å². The molecule has 0 saturated carbocycles. The van der Waals surface area contributed by atoms with E-state index in [4.69, 9.17) is 4.55 Å². The lowest BCUT2D eigenvalue weighted by molar-refractivity contribution is -0.894. The molecule has 0 radical (unpaired) electrons. The highest BCUT2D eigenvalue weighted by molar-refractivity contribution is 7.80. The van der Waals surface area contributed by atoms with E-state index in [1.54, 1.807) is 0 Å². The summed E-state index contributed by atoms with van der Waals surface area (Å²) < 4.78 is 30.9. The van der Waals surface area contributed by atoms with Crippen LogP contribution in [0.15, 0.2) is 0 Å².